The maximum absolute atomic E-state index is 13.0. The summed E-state index contributed by atoms with van der Waals surface area (Å²) in [6, 6.07) is 21.4. The molecule has 0 N–H and O–H groups in total. The average Bonchev–Trinajstić information content (AvgIpc) is 3.36. The number of aromatic nitrogens is 2. The molecule has 7 heteroatoms. The number of carbonyl (C=O) groups is 1. The third-order valence-corrected chi connectivity index (χ3v) is 5.06. The van der Waals surface area contributed by atoms with Crippen molar-refractivity contribution in [3.63, 3.8) is 0 Å². The van der Waals surface area contributed by atoms with Crippen LogP contribution in [0.15, 0.2) is 79.0 Å². The van der Waals surface area contributed by atoms with Crippen LogP contribution >= 0.6 is 11.3 Å². The molecule has 0 fully saturated rings. The fourth-order valence-electron chi connectivity index (χ4n) is 2.73. The van der Waals surface area contributed by atoms with Gasteiger partial charge in [0.25, 0.3) is 0 Å². The minimum absolute atomic E-state index is 0.0115. The van der Waals surface area contributed by atoms with E-state index in [2.05, 4.69) is 5.10 Å². The van der Waals surface area contributed by atoms with Gasteiger partial charge in [-0.05, 0) is 18.2 Å². The molecule has 132 valence electrons. The molecule has 0 amide bonds. The molecule has 4 aromatic rings. The van der Waals surface area contributed by atoms with Gasteiger partial charge in [-0.25, -0.2) is 4.68 Å². The molecule has 0 spiro atoms. The van der Waals surface area contributed by atoms with Crippen LogP contribution in [-0.4, -0.2) is 20.5 Å². The van der Waals surface area contributed by atoms with E-state index in [0.29, 0.717) is 21.7 Å². The standard InChI is InChI=1S/C20H13N3O3S/c24-20(14-7-3-1-4-8-14)16-13-22(15-9-5-2-6-10-15)21-19(16)17-11-12-18(27-17)23(25)26/h1-13H. The summed E-state index contributed by atoms with van der Waals surface area (Å²) < 4.78 is 1.62. The molecule has 0 aliphatic heterocycles. The molecule has 0 radical (unpaired) electrons. The summed E-state index contributed by atoms with van der Waals surface area (Å²) in [4.78, 5) is 24.2. The lowest BCUT2D eigenvalue weighted by Crippen LogP contribution is -2.01. The van der Waals surface area contributed by atoms with Gasteiger partial charge in [0, 0.05) is 17.8 Å². The van der Waals surface area contributed by atoms with Crippen molar-refractivity contribution in [2.45, 2.75) is 0 Å². The zero-order valence-corrected chi connectivity index (χ0v) is 14.8. The van der Waals surface area contributed by atoms with E-state index in [1.165, 1.54) is 6.07 Å². The minimum Gasteiger partial charge on any atom is -0.288 e. The van der Waals surface area contributed by atoms with Crippen molar-refractivity contribution in [3.8, 4) is 16.3 Å². The lowest BCUT2D eigenvalue weighted by atomic mass is 10.0. The van der Waals surface area contributed by atoms with E-state index in [9.17, 15) is 14.9 Å². The van der Waals surface area contributed by atoms with E-state index in [1.807, 2.05) is 36.4 Å². The Bertz CT molecular complexity index is 1120. The second-order valence-corrected chi connectivity index (χ2v) is 6.82. The lowest BCUT2D eigenvalue weighted by molar-refractivity contribution is -0.380. The Balaban J connectivity index is 1.86. The first-order valence-corrected chi connectivity index (χ1v) is 8.94. The molecule has 2 aromatic carbocycles. The Kier molecular flexibility index (Phi) is 4.35. The highest BCUT2D eigenvalue weighted by molar-refractivity contribution is 7.18. The zero-order chi connectivity index (χ0) is 18.8. The molecule has 0 atom stereocenters. The van der Waals surface area contributed by atoms with E-state index in [0.717, 1.165) is 17.0 Å². The van der Waals surface area contributed by atoms with Crippen LogP contribution in [0.3, 0.4) is 0 Å². The molecule has 0 unspecified atom stereocenters. The van der Waals surface area contributed by atoms with Crippen LogP contribution in [-0.2, 0) is 0 Å². The van der Waals surface area contributed by atoms with Gasteiger partial charge in [-0.3, -0.25) is 14.9 Å². The summed E-state index contributed by atoms with van der Waals surface area (Å²) in [5.74, 6) is -0.177. The second-order valence-electron chi connectivity index (χ2n) is 5.76. The van der Waals surface area contributed by atoms with Crippen LogP contribution in [0.5, 0.6) is 0 Å². The third kappa shape index (κ3) is 3.28. The number of hydrogen-bond acceptors (Lipinski definition) is 5. The highest BCUT2D eigenvalue weighted by atomic mass is 32.1. The fraction of sp³-hybridized carbons (Fsp3) is 0. The molecule has 0 saturated heterocycles. The van der Waals surface area contributed by atoms with Crippen molar-refractivity contribution in [2.75, 3.05) is 0 Å². The SMILES string of the molecule is O=C(c1ccccc1)c1cn(-c2ccccc2)nc1-c1ccc([N+](=O)[O-])s1. The molecule has 6 nitrogen and oxygen atoms in total. The van der Waals surface area contributed by atoms with Crippen molar-refractivity contribution in [1.82, 2.24) is 9.78 Å². The molecule has 27 heavy (non-hydrogen) atoms. The number of carbonyl (C=O) groups excluding carboxylic acids is 1. The van der Waals surface area contributed by atoms with Crippen molar-refractivity contribution in [2.24, 2.45) is 0 Å². The Hall–Kier alpha value is -3.58. The summed E-state index contributed by atoms with van der Waals surface area (Å²) in [5, 5.41) is 15.6. The number of thiophene rings is 1. The first-order valence-electron chi connectivity index (χ1n) is 8.13. The van der Waals surface area contributed by atoms with Crippen LogP contribution in [0.1, 0.15) is 15.9 Å². The normalized spacial score (nSPS) is 10.7. The predicted octanol–water partition coefficient (Wildman–Crippen LogP) is 4.74. The van der Waals surface area contributed by atoms with Gasteiger partial charge in [-0.2, -0.15) is 5.10 Å². The molecular weight excluding hydrogens is 362 g/mol. The summed E-state index contributed by atoms with van der Waals surface area (Å²) in [6.45, 7) is 0. The summed E-state index contributed by atoms with van der Waals surface area (Å²) in [7, 11) is 0. The third-order valence-electron chi connectivity index (χ3n) is 4.02. The number of ketones is 1. The molecule has 4 rings (SSSR count). The monoisotopic (exact) mass is 375 g/mol. The van der Waals surface area contributed by atoms with Crippen LogP contribution in [0, 0.1) is 10.1 Å². The van der Waals surface area contributed by atoms with Crippen molar-refractivity contribution in [1.29, 1.82) is 0 Å². The Morgan fingerprint density at radius 3 is 2.26 bits per heavy atom. The highest BCUT2D eigenvalue weighted by Gasteiger charge is 2.22. The zero-order valence-electron chi connectivity index (χ0n) is 14.0. The van der Waals surface area contributed by atoms with Gasteiger partial charge in [0.1, 0.15) is 5.69 Å². The Morgan fingerprint density at radius 2 is 1.63 bits per heavy atom. The van der Waals surface area contributed by atoms with E-state index >= 15 is 0 Å². The van der Waals surface area contributed by atoms with Gasteiger partial charge in [0.15, 0.2) is 5.78 Å². The van der Waals surface area contributed by atoms with Gasteiger partial charge in [0.2, 0.25) is 0 Å². The molecule has 0 aliphatic rings. The predicted molar refractivity (Wildman–Crippen MR) is 103 cm³/mol. The second kappa shape index (κ2) is 6.97. The first kappa shape index (κ1) is 16.9. The van der Waals surface area contributed by atoms with Crippen LogP contribution < -0.4 is 0 Å². The molecule has 2 heterocycles. The average molecular weight is 375 g/mol. The van der Waals surface area contributed by atoms with Gasteiger partial charge < -0.3 is 0 Å². The molecular formula is C20H13N3O3S. The van der Waals surface area contributed by atoms with Crippen LogP contribution in [0.2, 0.25) is 0 Å². The maximum Gasteiger partial charge on any atom is 0.324 e. The van der Waals surface area contributed by atoms with Crippen molar-refractivity contribution < 1.29 is 9.72 Å². The van der Waals surface area contributed by atoms with E-state index in [4.69, 9.17) is 0 Å². The first-order chi connectivity index (χ1) is 13.1. The summed E-state index contributed by atoms with van der Waals surface area (Å²) in [5.41, 5.74) is 2.18. The van der Waals surface area contributed by atoms with Gasteiger partial charge >= 0.3 is 5.00 Å². The smallest absolute Gasteiger partial charge is 0.288 e. The van der Waals surface area contributed by atoms with E-state index in [1.54, 1.807) is 41.2 Å². The van der Waals surface area contributed by atoms with Crippen LogP contribution in [0.25, 0.3) is 16.3 Å². The molecule has 2 aromatic heterocycles. The molecule has 0 saturated carbocycles. The fourth-order valence-corrected chi connectivity index (χ4v) is 3.55. The number of benzene rings is 2. The number of nitrogens with zero attached hydrogens (tertiary/aromatic N) is 3. The van der Waals surface area contributed by atoms with E-state index < -0.39 is 4.92 Å². The minimum atomic E-state index is -0.443. The van der Waals surface area contributed by atoms with Gasteiger partial charge in [-0.15, -0.1) is 0 Å². The number of rotatable bonds is 5. The molecule has 0 bridgehead atoms. The summed E-state index contributed by atoms with van der Waals surface area (Å²) >= 11 is 1.00. The van der Waals surface area contributed by atoms with Gasteiger partial charge in [0.05, 0.1) is 21.1 Å². The Morgan fingerprint density at radius 1 is 0.963 bits per heavy atom. The topological polar surface area (TPSA) is 78.0 Å². The highest BCUT2D eigenvalue weighted by Crippen LogP contribution is 2.34. The maximum atomic E-state index is 13.0. The largest absolute Gasteiger partial charge is 0.324 e. The number of para-hydroxylation sites is 1. The van der Waals surface area contributed by atoms with Gasteiger partial charge in [-0.1, -0.05) is 59.9 Å². The van der Waals surface area contributed by atoms with Crippen molar-refractivity contribution >= 4 is 22.1 Å². The molecule has 0 aliphatic carbocycles. The Labute approximate surface area is 158 Å². The lowest BCUT2D eigenvalue weighted by Gasteiger charge is -1.99. The van der Waals surface area contributed by atoms with E-state index in [-0.39, 0.29) is 10.8 Å². The number of nitro groups is 1. The van der Waals surface area contributed by atoms with Crippen molar-refractivity contribution in [3.05, 3.63) is 100 Å². The van der Waals surface area contributed by atoms with Crippen LogP contribution in [0.4, 0.5) is 5.00 Å². The quantitative estimate of drug-likeness (QED) is 0.287. The number of hydrogen-bond donors (Lipinski definition) is 0. The summed E-state index contributed by atoms with van der Waals surface area (Å²) in [6.07, 6.45) is 1.67.